The Hall–Kier alpha value is -2.01. The minimum absolute atomic E-state index is 0.230. The molecule has 3 saturated heterocycles. The molecule has 2 aromatic rings. The van der Waals surface area contributed by atoms with E-state index in [2.05, 4.69) is 15.1 Å². The summed E-state index contributed by atoms with van der Waals surface area (Å²) in [6, 6.07) is 9.98. The SMILES string of the molecule is Fc1ccc(-c2ccc(O[C@H]3CN4CCC3CC4)nn2)cc1. The van der Waals surface area contributed by atoms with Crippen molar-refractivity contribution < 1.29 is 9.13 Å². The minimum Gasteiger partial charge on any atom is -0.472 e. The van der Waals surface area contributed by atoms with E-state index in [1.165, 1.54) is 38.1 Å². The van der Waals surface area contributed by atoms with Crippen molar-refractivity contribution in [1.29, 1.82) is 0 Å². The average Bonchev–Trinajstić information content (AvgIpc) is 2.58. The van der Waals surface area contributed by atoms with Crippen molar-refractivity contribution in [2.75, 3.05) is 19.6 Å². The zero-order valence-corrected chi connectivity index (χ0v) is 12.3. The second-order valence-corrected chi connectivity index (χ2v) is 6.06. The highest BCUT2D eigenvalue weighted by Gasteiger charge is 2.35. The Balaban J connectivity index is 1.46. The van der Waals surface area contributed by atoms with Crippen LogP contribution in [0.2, 0.25) is 0 Å². The van der Waals surface area contributed by atoms with Gasteiger partial charge in [-0.05, 0) is 62.2 Å². The zero-order valence-electron chi connectivity index (χ0n) is 12.3. The number of rotatable bonds is 3. The number of hydrogen-bond acceptors (Lipinski definition) is 4. The van der Waals surface area contributed by atoms with Gasteiger partial charge in [-0.1, -0.05) is 0 Å². The van der Waals surface area contributed by atoms with Crippen LogP contribution in [-0.4, -0.2) is 40.8 Å². The third-order valence-corrected chi connectivity index (χ3v) is 4.65. The summed E-state index contributed by atoms with van der Waals surface area (Å²) in [6.07, 6.45) is 2.66. The highest BCUT2D eigenvalue weighted by Crippen LogP contribution is 2.30. The van der Waals surface area contributed by atoms with E-state index < -0.39 is 0 Å². The predicted octanol–water partition coefficient (Wildman–Crippen LogP) is 2.76. The first-order valence-corrected chi connectivity index (χ1v) is 7.76. The molecule has 1 aromatic heterocycles. The predicted molar refractivity (Wildman–Crippen MR) is 81.0 cm³/mol. The van der Waals surface area contributed by atoms with Crippen LogP contribution in [0.25, 0.3) is 11.3 Å². The first-order chi connectivity index (χ1) is 10.8. The number of piperidine rings is 3. The lowest BCUT2D eigenvalue weighted by atomic mass is 9.86. The first-order valence-electron chi connectivity index (χ1n) is 7.76. The van der Waals surface area contributed by atoms with E-state index in [9.17, 15) is 4.39 Å². The molecule has 4 heterocycles. The lowest BCUT2D eigenvalue weighted by molar-refractivity contribution is -0.0103. The minimum atomic E-state index is -0.251. The van der Waals surface area contributed by atoms with Crippen molar-refractivity contribution in [3.05, 3.63) is 42.2 Å². The van der Waals surface area contributed by atoms with E-state index in [0.717, 1.165) is 17.8 Å². The molecule has 0 unspecified atom stereocenters. The fourth-order valence-electron chi connectivity index (χ4n) is 3.36. The van der Waals surface area contributed by atoms with Gasteiger partial charge in [0.15, 0.2) is 0 Å². The molecule has 0 aliphatic carbocycles. The number of ether oxygens (including phenoxy) is 1. The summed E-state index contributed by atoms with van der Waals surface area (Å²) < 4.78 is 19.0. The van der Waals surface area contributed by atoms with Gasteiger partial charge in [0.2, 0.25) is 5.88 Å². The summed E-state index contributed by atoms with van der Waals surface area (Å²) in [5.41, 5.74) is 1.57. The molecule has 1 atom stereocenters. The Morgan fingerprint density at radius 1 is 1.00 bits per heavy atom. The molecule has 22 heavy (non-hydrogen) atoms. The summed E-state index contributed by atoms with van der Waals surface area (Å²) in [5.74, 6) is 0.965. The van der Waals surface area contributed by atoms with Crippen molar-refractivity contribution in [3.63, 3.8) is 0 Å². The highest BCUT2D eigenvalue weighted by molar-refractivity contribution is 5.58. The molecule has 0 N–H and O–H groups in total. The molecule has 2 bridgehead atoms. The topological polar surface area (TPSA) is 38.2 Å². The molecule has 3 fully saturated rings. The fraction of sp³-hybridized carbons (Fsp3) is 0.412. The number of hydrogen-bond donors (Lipinski definition) is 0. The van der Waals surface area contributed by atoms with Crippen LogP contribution in [0.4, 0.5) is 4.39 Å². The van der Waals surface area contributed by atoms with Crippen molar-refractivity contribution in [1.82, 2.24) is 15.1 Å². The molecule has 5 heteroatoms. The maximum atomic E-state index is 12.9. The molecule has 0 amide bonds. The van der Waals surface area contributed by atoms with E-state index in [1.54, 1.807) is 12.1 Å². The van der Waals surface area contributed by atoms with Crippen LogP contribution in [-0.2, 0) is 0 Å². The van der Waals surface area contributed by atoms with Gasteiger partial charge in [0, 0.05) is 18.2 Å². The summed E-state index contributed by atoms with van der Waals surface area (Å²) in [5, 5.41) is 8.37. The van der Waals surface area contributed by atoms with Crippen LogP contribution in [0, 0.1) is 11.7 Å². The van der Waals surface area contributed by atoms with Gasteiger partial charge >= 0.3 is 0 Å². The lowest BCUT2D eigenvalue weighted by Gasteiger charge is -2.44. The third-order valence-electron chi connectivity index (χ3n) is 4.65. The number of halogens is 1. The molecule has 1 aromatic carbocycles. The van der Waals surface area contributed by atoms with Gasteiger partial charge < -0.3 is 4.74 Å². The van der Waals surface area contributed by atoms with E-state index in [0.29, 0.717) is 11.8 Å². The average molecular weight is 299 g/mol. The molecule has 0 radical (unpaired) electrons. The zero-order chi connectivity index (χ0) is 14.9. The smallest absolute Gasteiger partial charge is 0.233 e. The summed E-state index contributed by atoms with van der Waals surface area (Å²) >= 11 is 0. The second-order valence-electron chi connectivity index (χ2n) is 6.06. The maximum Gasteiger partial charge on any atom is 0.233 e. The summed E-state index contributed by atoms with van der Waals surface area (Å²) in [4.78, 5) is 2.45. The number of fused-ring (bicyclic) bond motifs is 3. The van der Waals surface area contributed by atoms with Crippen molar-refractivity contribution in [2.24, 2.45) is 5.92 Å². The Labute approximate surface area is 128 Å². The van der Waals surface area contributed by atoms with Crippen LogP contribution >= 0.6 is 0 Å². The monoisotopic (exact) mass is 299 g/mol. The normalized spacial score (nSPS) is 26.9. The largest absolute Gasteiger partial charge is 0.472 e. The Kier molecular flexibility index (Phi) is 3.50. The number of nitrogens with zero attached hydrogens (tertiary/aromatic N) is 3. The van der Waals surface area contributed by atoms with Crippen LogP contribution in [0.5, 0.6) is 5.88 Å². The van der Waals surface area contributed by atoms with Gasteiger partial charge in [-0.2, -0.15) is 0 Å². The van der Waals surface area contributed by atoms with Gasteiger partial charge in [-0.3, -0.25) is 4.90 Å². The third kappa shape index (κ3) is 2.68. The molecular formula is C17H18FN3O. The highest BCUT2D eigenvalue weighted by atomic mass is 19.1. The van der Waals surface area contributed by atoms with Gasteiger partial charge in [0.1, 0.15) is 11.9 Å². The van der Waals surface area contributed by atoms with Gasteiger partial charge in [-0.25, -0.2) is 4.39 Å². The second kappa shape index (κ2) is 5.65. The van der Waals surface area contributed by atoms with Crippen LogP contribution in [0.1, 0.15) is 12.8 Å². The quantitative estimate of drug-likeness (QED) is 0.873. The molecule has 3 aliphatic rings. The van der Waals surface area contributed by atoms with Crippen molar-refractivity contribution in [2.45, 2.75) is 18.9 Å². The van der Waals surface area contributed by atoms with E-state index >= 15 is 0 Å². The van der Waals surface area contributed by atoms with Gasteiger partial charge in [-0.15, -0.1) is 10.2 Å². The molecule has 0 spiro atoms. The van der Waals surface area contributed by atoms with Crippen LogP contribution < -0.4 is 4.74 Å². The van der Waals surface area contributed by atoms with Gasteiger partial charge in [0.05, 0.1) is 5.69 Å². The van der Waals surface area contributed by atoms with Crippen molar-refractivity contribution in [3.8, 4) is 17.1 Å². The number of aromatic nitrogens is 2. The lowest BCUT2D eigenvalue weighted by Crippen LogP contribution is -2.52. The van der Waals surface area contributed by atoms with Crippen LogP contribution in [0.3, 0.4) is 0 Å². The van der Waals surface area contributed by atoms with Crippen LogP contribution in [0.15, 0.2) is 36.4 Å². The maximum absolute atomic E-state index is 12.9. The van der Waals surface area contributed by atoms with E-state index in [4.69, 9.17) is 4.74 Å². The van der Waals surface area contributed by atoms with E-state index in [-0.39, 0.29) is 11.9 Å². The Morgan fingerprint density at radius 3 is 2.36 bits per heavy atom. The fourth-order valence-corrected chi connectivity index (χ4v) is 3.36. The standard InChI is InChI=1S/C17H18FN3O/c18-14-3-1-12(2-4-14)15-5-6-17(20-19-15)22-16-11-21-9-7-13(16)8-10-21/h1-6,13,16H,7-11H2/t16-/m0/s1. The molecule has 4 nitrogen and oxygen atoms in total. The molecule has 3 aliphatic heterocycles. The number of benzene rings is 1. The molecular weight excluding hydrogens is 281 g/mol. The van der Waals surface area contributed by atoms with E-state index in [1.807, 2.05) is 12.1 Å². The Bertz CT molecular complexity index is 636. The summed E-state index contributed by atoms with van der Waals surface area (Å²) in [6.45, 7) is 3.38. The Morgan fingerprint density at radius 2 is 1.77 bits per heavy atom. The molecule has 0 saturated carbocycles. The summed E-state index contributed by atoms with van der Waals surface area (Å²) in [7, 11) is 0. The van der Waals surface area contributed by atoms with Gasteiger partial charge in [0.25, 0.3) is 0 Å². The first kappa shape index (κ1) is 13.6. The molecule has 114 valence electrons. The molecule has 5 rings (SSSR count). The van der Waals surface area contributed by atoms with Crippen molar-refractivity contribution >= 4 is 0 Å².